The minimum absolute atomic E-state index is 0.236. The van der Waals surface area contributed by atoms with Gasteiger partial charge in [-0.3, -0.25) is 0 Å². The van der Waals surface area contributed by atoms with Gasteiger partial charge in [0.25, 0.3) is 0 Å². The van der Waals surface area contributed by atoms with Gasteiger partial charge in [-0.1, -0.05) is 127 Å². The number of halogens is 1. The van der Waals surface area contributed by atoms with Crippen LogP contribution in [-0.2, 0) is 0 Å². The van der Waals surface area contributed by atoms with Crippen molar-refractivity contribution in [2.75, 3.05) is 4.90 Å². The van der Waals surface area contributed by atoms with Crippen LogP contribution in [0.1, 0.15) is 0 Å². The molecule has 0 spiro atoms. The Bertz CT molecular complexity index is 3240. The average molecular weight is 789 g/mol. The van der Waals surface area contributed by atoms with Crippen molar-refractivity contribution >= 4 is 60.3 Å². The zero-order valence-electron chi connectivity index (χ0n) is 32.5. The van der Waals surface area contributed by atoms with Crippen LogP contribution in [0, 0.1) is 5.82 Å². The summed E-state index contributed by atoms with van der Waals surface area (Å²) < 4.78 is 17.4. The summed E-state index contributed by atoms with van der Waals surface area (Å²) in [6, 6.07) is 78.6. The second kappa shape index (κ2) is 15.0. The molecule has 0 fully saturated rings. The van der Waals surface area contributed by atoms with Crippen molar-refractivity contribution in [3.8, 4) is 49.5 Å². The highest BCUT2D eigenvalue weighted by atomic mass is 32.1. The summed E-state index contributed by atoms with van der Waals surface area (Å²) in [5.74, 6) is -0.236. The Morgan fingerprint density at radius 3 is 1.37 bits per heavy atom. The number of aromatic nitrogens is 1. The summed E-state index contributed by atoms with van der Waals surface area (Å²) in [7, 11) is 0. The van der Waals surface area contributed by atoms with Crippen LogP contribution >= 0.6 is 11.3 Å². The van der Waals surface area contributed by atoms with Crippen LogP contribution in [0.25, 0.3) is 81.4 Å². The molecule has 0 saturated heterocycles. The third-order valence-corrected chi connectivity index (χ3v) is 12.6. The maximum Gasteiger partial charge on any atom is 0.123 e. The number of rotatable bonds is 8. The lowest BCUT2D eigenvalue weighted by Crippen LogP contribution is -2.09. The van der Waals surface area contributed by atoms with Crippen LogP contribution < -0.4 is 4.90 Å². The molecule has 0 N–H and O–H groups in total. The van der Waals surface area contributed by atoms with Gasteiger partial charge in [0.2, 0.25) is 0 Å². The number of anilines is 3. The molecule has 0 aliphatic carbocycles. The predicted octanol–water partition coefficient (Wildman–Crippen LogP) is 16.3. The number of fused-ring (bicyclic) bond motifs is 4. The number of hydrogen-bond acceptors (Lipinski definition) is 2. The maximum absolute atomic E-state index is 13.7. The van der Waals surface area contributed by atoms with Crippen molar-refractivity contribution in [3.63, 3.8) is 0 Å². The van der Waals surface area contributed by atoms with Crippen LogP contribution in [0.2, 0.25) is 0 Å². The molecule has 284 valence electrons. The predicted molar refractivity (Wildman–Crippen MR) is 253 cm³/mol. The van der Waals surface area contributed by atoms with Crippen molar-refractivity contribution in [3.05, 3.63) is 230 Å². The van der Waals surface area contributed by atoms with Gasteiger partial charge in [0.1, 0.15) is 5.82 Å². The fourth-order valence-corrected chi connectivity index (χ4v) is 9.52. The van der Waals surface area contributed by atoms with Crippen LogP contribution in [0.5, 0.6) is 0 Å². The van der Waals surface area contributed by atoms with Crippen LogP contribution in [-0.4, -0.2) is 4.57 Å². The molecule has 2 aromatic heterocycles. The Balaban J connectivity index is 0.992. The van der Waals surface area contributed by atoms with E-state index < -0.39 is 0 Å². The molecule has 60 heavy (non-hydrogen) atoms. The Hall–Kier alpha value is -7.53. The Morgan fingerprint density at radius 2 is 0.800 bits per heavy atom. The topological polar surface area (TPSA) is 8.17 Å². The van der Waals surface area contributed by atoms with Crippen molar-refractivity contribution in [2.45, 2.75) is 0 Å². The summed E-state index contributed by atoms with van der Waals surface area (Å²) in [6.07, 6.45) is 0. The first kappa shape index (κ1) is 35.6. The second-order valence-electron chi connectivity index (χ2n) is 15.1. The summed E-state index contributed by atoms with van der Waals surface area (Å²) in [6.45, 7) is 0. The normalized spacial score (nSPS) is 11.4. The minimum Gasteiger partial charge on any atom is -0.311 e. The van der Waals surface area contributed by atoms with E-state index in [1.54, 1.807) is 0 Å². The molecule has 9 aromatic carbocycles. The van der Waals surface area contributed by atoms with E-state index in [9.17, 15) is 4.39 Å². The molecule has 0 aliphatic heterocycles. The van der Waals surface area contributed by atoms with E-state index >= 15 is 0 Å². The van der Waals surface area contributed by atoms with E-state index in [-0.39, 0.29) is 5.82 Å². The maximum atomic E-state index is 13.7. The summed E-state index contributed by atoms with van der Waals surface area (Å²) in [5, 5.41) is 3.73. The summed E-state index contributed by atoms with van der Waals surface area (Å²) >= 11 is 1.84. The monoisotopic (exact) mass is 788 g/mol. The molecule has 0 radical (unpaired) electrons. The average Bonchev–Trinajstić information content (AvgIpc) is 3.90. The van der Waals surface area contributed by atoms with Gasteiger partial charge in [-0.25, -0.2) is 4.39 Å². The molecule has 2 nitrogen and oxygen atoms in total. The zero-order chi connectivity index (χ0) is 40.0. The standard InChI is InChI=1S/C56H37FN2S/c57-46-25-15-39(16-26-46)41-19-29-49(30-20-41)58(48-27-17-40(18-28-48)38-9-3-1-4-10-38)50-31-21-42(22-32-50)43-23-33-53-51(35-43)52-36-45(56-37-44-11-7-8-14-55(44)60-56)24-34-54(52)59(53)47-12-5-2-6-13-47/h1-37H. The lowest BCUT2D eigenvalue weighted by molar-refractivity contribution is 0.628. The zero-order valence-corrected chi connectivity index (χ0v) is 33.4. The molecule has 2 heterocycles. The van der Waals surface area contributed by atoms with Gasteiger partial charge in [0.05, 0.1) is 11.0 Å². The first-order valence-electron chi connectivity index (χ1n) is 20.2. The van der Waals surface area contributed by atoms with E-state index in [0.29, 0.717) is 0 Å². The molecule has 0 aliphatic rings. The van der Waals surface area contributed by atoms with E-state index in [1.807, 2.05) is 29.5 Å². The smallest absolute Gasteiger partial charge is 0.123 e. The molecule has 0 atom stereocenters. The fourth-order valence-electron chi connectivity index (χ4n) is 8.46. The van der Waals surface area contributed by atoms with E-state index in [1.165, 1.54) is 65.6 Å². The number of nitrogens with zero attached hydrogens (tertiary/aromatic N) is 2. The first-order chi connectivity index (χ1) is 29.6. The van der Waals surface area contributed by atoms with Crippen molar-refractivity contribution in [1.82, 2.24) is 4.57 Å². The minimum atomic E-state index is -0.236. The van der Waals surface area contributed by atoms with Crippen molar-refractivity contribution in [2.24, 2.45) is 0 Å². The second-order valence-corrected chi connectivity index (χ2v) is 16.2. The third kappa shape index (κ3) is 6.54. The van der Waals surface area contributed by atoms with E-state index in [4.69, 9.17) is 0 Å². The van der Waals surface area contributed by atoms with Gasteiger partial charge in [0.15, 0.2) is 0 Å². The Labute approximate surface area is 352 Å². The lowest BCUT2D eigenvalue weighted by Gasteiger charge is -2.26. The number of benzene rings is 9. The van der Waals surface area contributed by atoms with Crippen LogP contribution in [0.4, 0.5) is 21.5 Å². The molecule has 0 saturated carbocycles. The number of thiophene rings is 1. The largest absolute Gasteiger partial charge is 0.311 e. The molecule has 0 bridgehead atoms. The summed E-state index contributed by atoms with van der Waals surface area (Å²) in [4.78, 5) is 3.56. The van der Waals surface area contributed by atoms with Gasteiger partial charge in [-0.2, -0.15) is 0 Å². The highest BCUT2D eigenvalue weighted by Crippen LogP contribution is 2.41. The van der Waals surface area contributed by atoms with Crippen molar-refractivity contribution in [1.29, 1.82) is 0 Å². The number of para-hydroxylation sites is 1. The quantitative estimate of drug-likeness (QED) is 0.149. The molecule has 4 heteroatoms. The molecular weight excluding hydrogens is 752 g/mol. The SMILES string of the molecule is Fc1ccc(-c2ccc(N(c3ccc(-c4ccccc4)cc3)c3ccc(-c4ccc5c(c4)c4cc(-c6cc7ccccc7s6)ccc4n5-c4ccccc4)cc3)cc2)cc1. The molecule has 11 aromatic rings. The van der Waals surface area contributed by atoms with Gasteiger partial charge >= 0.3 is 0 Å². The highest BCUT2D eigenvalue weighted by Gasteiger charge is 2.17. The van der Waals surface area contributed by atoms with Crippen molar-refractivity contribution < 1.29 is 4.39 Å². The van der Waals surface area contributed by atoms with Gasteiger partial charge in [-0.05, 0) is 141 Å². The van der Waals surface area contributed by atoms with E-state index in [0.717, 1.165) is 45.0 Å². The first-order valence-corrected chi connectivity index (χ1v) is 21.0. The third-order valence-electron chi connectivity index (χ3n) is 11.5. The highest BCUT2D eigenvalue weighted by molar-refractivity contribution is 7.22. The van der Waals surface area contributed by atoms with Gasteiger partial charge in [-0.15, -0.1) is 11.3 Å². The molecule has 11 rings (SSSR count). The molecular formula is C56H37FN2S. The fraction of sp³-hybridized carbons (Fsp3) is 0. The Kier molecular flexibility index (Phi) is 8.91. The van der Waals surface area contributed by atoms with Gasteiger partial charge < -0.3 is 9.47 Å². The molecule has 0 amide bonds. The Morgan fingerprint density at radius 1 is 0.367 bits per heavy atom. The lowest BCUT2D eigenvalue weighted by atomic mass is 10.0. The van der Waals surface area contributed by atoms with E-state index in [2.05, 4.69) is 204 Å². The summed E-state index contributed by atoms with van der Waals surface area (Å²) in [5.41, 5.74) is 14.6. The molecule has 0 unspecified atom stereocenters. The number of hydrogen-bond donors (Lipinski definition) is 0. The van der Waals surface area contributed by atoms with Crippen LogP contribution in [0.15, 0.2) is 224 Å². The van der Waals surface area contributed by atoms with Gasteiger partial charge in [0, 0.05) is 43.1 Å². The van der Waals surface area contributed by atoms with Crippen LogP contribution in [0.3, 0.4) is 0 Å².